The minimum atomic E-state index is -5.03. The second-order valence-corrected chi connectivity index (χ2v) is 7.89. The predicted octanol–water partition coefficient (Wildman–Crippen LogP) is 3.87. The molecule has 0 amide bonds. The lowest BCUT2D eigenvalue weighted by Crippen LogP contribution is -2.21. The summed E-state index contributed by atoms with van der Waals surface area (Å²) < 4.78 is 55.3. The lowest BCUT2D eigenvalue weighted by atomic mass is 10.2. The van der Waals surface area contributed by atoms with Gasteiger partial charge in [0.05, 0.1) is 11.1 Å². The number of thiophene rings is 1. The molecule has 0 fully saturated rings. The number of hydrogen-bond acceptors (Lipinski definition) is 6. The van der Waals surface area contributed by atoms with E-state index in [9.17, 15) is 22.2 Å². The van der Waals surface area contributed by atoms with Gasteiger partial charge >= 0.3 is 16.6 Å². The molecule has 4 aromatic rings. The third-order valence-electron chi connectivity index (χ3n) is 3.91. The molecule has 0 aliphatic rings. The number of aromatic nitrogens is 3. The van der Waals surface area contributed by atoms with Crippen molar-refractivity contribution in [1.29, 1.82) is 0 Å². The normalized spacial score (nSPS) is 13.1. The number of aryl methyl sites for hydroxylation is 1. The Bertz CT molecular complexity index is 1280. The first-order valence-electron chi connectivity index (χ1n) is 7.78. The lowest BCUT2D eigenvalue weighted by Gasteiger charge is -2.08. The first-order valence-corrected chi connectivity index (χ1v) is 9.67. The molecule has 0 saturated carbocycles. The standard InChI is InChI=1S/C17H10F3N3O3S2/c1-9-2-4-10(5-3-9)23-8-22-13-12-11(26-28(25)17(18,19)20)6-7-21-15(12)27-14(13)16(23)24/h2-8H,1H3. The molecule has 0 saturated heterocycles. The number of halogens is 3. The highest BCUT2D eigenvalue weighted by Crippen LogP contribution is 2.37. The number of fused-ring (bicyclic) bond motifs is 3. The van der Waals surface area contributed by atoms with Crippen LogP contribution in [-0.4, -0.2) is 24.3 Å². The van der Waals surface area contributed by atoms with Crippen molar-refractivity contribution in [3.8, 4) is 11.4 Å². The highest BCUT2D eigenvalue weighted by molar-refractivity contribution is 7.81. The van der Waals surface area contributed by atoms with Crippen LogP contribution in [0.1, 0.15) is 5.56 Å². The molecular weight excluding hydrogens is 415 g/mol. The summed E-state index contributed by atoms with van der Waals surface area (Å²) >= 11 is -2.57. The zero-order valence-electron chi connectivity index (χ0n) is 14.1. The molecule has 6 nitrogen and oxygen atoms in total. The Hall–Kier alpha value is -2.79. The fourth-order valence-corrected chi connectivity index (χ4v) is 4.05. The van der Waals surface area contributed by atoms with E-state index in [0.717, 1.165) is 23.0 Å². The number of hydrogen-bond donors (Lipinski definition) is 0. The predicted molar refractivity (Wildman–Crippen MR) is 100 cm³/mol. The van der Waals surface area contributed by atoms with Crippen LogP contribution in [0.4, 0.5) is 13.2 Å². The quantitative estimate of drug-likeness (QED) is 0.498. The molecule has 1 aromatic carbocycles. The molecule has 1 unspecified atom stereocenters. The SMILES string of the molecule is Cc1ccc(-n2cnc3c(sc4nccc(OS(=O)C(F)(F)F)c43)c2=O)cc1. The molecule has 1 atom stereocenters. The maximum Gasteiger partial charge on any atom is 0.508 e. The second kappa shape index (κ2) is 6.67. The van der Waals surface area contributed by atoms with Crippen LogP contribution >= 0.6 is 11.3 Å². The summed E-state index contributed by atoms with van der Waals surface area (Å²) in [5.41, 5.74) is -3.65. The summed E-state index contributed by atoms with van der Waals surface area (Å²) in [6, 6.07) is 8.37. The van der Waals surface area contributed by atoms with Gasteiger partial charge in [-0.15, -0.1) is 11.3 Å². The highest BCUT2D eigenvalue weighted by atomic mass is 32.2. The minimum Gasteiger partial charge on any atom is -0.393 e. The molecule has 0 radical (unpaired) electrons. The van der Waals surface area contributed by atoms with Gasteiger partial charge in [-0.3, -0.25) is 9.36 Å². The van der Waals surface area contributed by atoms with Crippen LogP contribution in [0.15, 0.2) is 47.7 Å². The van der Waals surface area contributed by atoms with Gasteiger partial charge in [0.15, 0.2) is 5.75 Å². The van der Waals surface area contributed by atoms with Crippen molar-refractivity contribution in [3.05, 3.63) is 58.8 Å². The summed E-state index contributed by atoms with van der Waals surface area (Å²) in [4.78, 5) is 21.5. The smallest absolute Gasteiger partial charge is 0.393 e. The van der Waals surface area contributed by atoms with Crippen molar-refractivity contribution < 1.29 is 21.6 Å². The van der Waals surface area contributed by atoms with Gasteiger partial charge in [-0.1, -0.05) is 17.7 Å². The van der Waals surface area contributed by atoms with E-state index in [-0.39, 0.29) is 31.7 Å². The topological polar surface area (TPSA) is 74.1 Å². The van der Waals surface area contributed by atoms with Crippen LogP contribution < -0.4 is 9.74 Å². The van der Waals surface area contributed by atoms with Crippen molar-refractivity contribution in [2.45, 2.75) is 12.4 Å². The van der Waals surface area contributed by atoms with Gasteiger partial charge < -0.3 is 4.18 Å². The Balaban J connectivity index is 1.91. The lowest BCUT2D eigenvalue weighted by molar-refractivity contribution is -0.0437. The van der Waals surface area contributed by atoms with Gasteiger partial charge in [-0.2, -0.15) is 13.2 Å². The second-order valence-electron chi connectivity index (χ2n) is 5.79. The van der Waals surface area contributed by atoms with E-state index in [2.05, 4.69) is 14.2 Å². The number of benzene rings is 1. The van der Waals surface area contributed by atoms with Crippen LogP contribution in [0.3, 0.4) is 0 Å². The van der Waals surface area contributed by atoms with Crippen LogP contribution in [0, 0.1) is 6.92 Å². The molecule has 0 bridgehead atoms. The number of nitrogens with zero attached hydrogens (tertiary/aromatic N) is 3. The Morgan fingerprint density at radius 1 is 1.14 bits per heavy atom. The van der Waals surface area contributed by atoms with Crippen molar-refractivity contribution >= 4 is 42.9 Å². The van der Waals surface area contributed by atoms with E-state index in [0.29, 0.717) is 5.69 Å². The van der Waals surface area contributed by atoms with E-state index in [1.165, 1.54) is 17.1 Å². The Morgan fingerprint density at radius 3 is 2.54 bits per heavy atom. The van der Waals surface area contributed by atoms with Gasteiger partial charge in [0, 0.05) is 12.3 Å². The van der Waals surface area contributed by atoms with Crippen LogP contribution in [0.2, 0.25) is 0 Å². The number of pyridine rings is 1. The van der Waals surface area contributed by atoms with Crippen molar-refractivity contribution in [1.82, 2.24) is 14.5 Å². The Kier molecular flexibility index (Phi) is 4.42. The van der Waals surface area contributed by atoms with Crippen LogP contribution in [0.5, 0.6) is 5.75 Å². The summed E-state index contributed by atoms with van der Waals surface area (Å²) in [7, 11) is 0. The summed E-state index contributed by atoms with van der Waals surface area (Å²) in [6.07, 6.45) is 2.51. The highest BCUT2D eigenvalue weighted by Gasteiger charge is 2.40. The third-order valence-corrected chi connectivity index (χ3v) is 5.69. The zero-order valence-corrected chi connectivity index (χ0v) is 15.7. The molecule has 0 N–H and O–H groups in total. The summed E-state index contributed by atoms with van der Waals surface area (Å²) in [6.45, 7) is 1.91. The first-order chi connectivity index (χ1) is 13.3. The average Bonchev–Trinajstić information content (AvgIpc) is 3.03. The molecule has 4 rings (SSSR count). The molecule has 0 aliphatic carbocycles. The largest absolute Gasteiger partial charge is 0.508 e. The molecule has 3 heterocycles. The van der Waals surface area contributed by atoms with Crippen LogP contribution in [-0.2, 0) is 11.1 Å². The van der Waals surface area contributed by atoms with E-state index >= 15 is 0 Å². The molecule has 0 aliphatic heterocycles. The molecule has 11 heteroatoms. The minimum absolute atomic E-state index is 0.119. The van der Waals surface area contributed by atoms with Crippen molar-refractivity contribution in [2.24, 2.45) is 0 Å². The molecule has 144 valence electrons. The van der Waals surface area contributed by atoms with Gasteiger partial charge in [0.2, 0.25) is 0 Å². The van der Waals surface area contributed by atoms with Gasteiger partial charge in [0.1, 0.15) is 21.4 Å². The zero-order chi connectivity index (χ0) is 20.1. The van der Waals surface area contributed by atoms with Gasteiger partial charge in [0.25, 0.3) is 5.56 Å². The van der Waals surface area contributed by atoms with Crippen molar-refractivity contribution in [3.63, 3.8) is 0 Å². The Morgan fingerprint density at radius 2 is 1.86 bits per heavy atom. The fraction of sp³-hybridized carbons (Fsp3) is 0.118. The molecule has 28 heavy (non-hydrogen) atoms. The average molecular weight is 425 g/mol. The monoisotopic (exact) mass is 425 g/mol. The Labute approximate surface area is 161 Å². The molecule has 0 spiro atoms. The van der Waals surface area contributed by atoms with E-state index in [1.807, 2.05) is 19.1 Å². The number of alkyl halides is 3. The van der Waals surface area contributed by atoms with Gasteiger partial charge in [-0.25, -0.2) is 14.2 Å². The van der Waals surface area contributed by atoms with Gasteiger partial charge in [-0.05, 0) is 19.1 Å². The molecule has 3 aromatic heterocycles. The third kappa shape index (κ3) is 3.16. The maximum atomic E-state index is 12.9. The van der Waals surface area contributed by atoms with Crippen molar-refractivity contribution in [2.75, 3.05) is 0 Å². The summed E-state index contributed by atoms with van der Waals surface area (Å²) in [5, 5.41) is 0.119. The van der Waals surface area contributed by atoms with E-state index < -0.39 is 16.6 Å². The molecular formula is C17H10F3N3O3S2. The van der Waals surface area contributed by atoms with E-state index in [4.69, 9.17) is 0 Å². The van der Waals surface area contributed by atoms with E-state index in [1.54, 1.807) is 12.1 Å². The number of rotatable bonds is 3. The fourth-order valence-electron chi connectivity index (χ4n) is 2.61. The van der Waals surface area contributed by atoms with Crippen LogP contribution in [0.25, 0.3) is 26.1 Å². The summed E-state index contributed by atoms with van der Waals surface area (Å²) in [5.74, 6) is -0.299. The first kappa shape index (κ1) is 18.6. The maximum absolute atomic E-state index is 12.9.